The second-order valence-electron chi connectivity index (χ2n) is 5.68. The first-order valence-electron chi connectivity index (χ1n) is 6.51. The Hall–Kier alpha value is -2.15. The lowest BCUT2D eigenvalue weighted by molar-refractivity contribution is 0.0535. The van der Waals surface area contributed by atoms with E-state index >= 15 is 0 Å². The van der Waals surface area contributed by atoms with E-state index in [2.05, 4.69) is 17.2 Å². The molecule has 0 saturated carbocycles. The van der Waals surface area contributed by atoms with Crippen molar-refractivity contribution in [3.05, 3.63) is 28.8 Å². The molecule has 0 heterocycles. The Morgan fingerprint density at radius 1 is 1.30 bits per heavy atom. The Balaban J connectivity index is 2.60. The number of carbonyl (C=O) groups is 1. The van der Waals surface area contributed by atoms with Crippen molar-refractivity contribution in [1.29, 1.82) is 0 Å². The van der Waals surface area contributed by atoms with Gasteiger partial charge in [0.2, 0.25) is 0 Å². The fourth-order valence-electron chi connectivity index (χ4n) is 1.54. The number of alkyl carbamates (subject to hydrolysis) is 1. The number of nitrogens with one attached hydrogen (secondary N) is 1. The molecule has 0 aliphatic carbocycles. The number of benzene rings is 1. The number of amides is 1. The number of nitrogen functional groups attached to an aromatic ring is 1. The maximum absolute atomic E-state index is 11.4. The van der Waals surface area contributed by atoms with Gasteiger partial charge in [-0.15, -0.1) is 0 Å². The quantitative estimate of drug-likeness (QED) is 0.611. The first-order valence-corrected chi connectivity index (χ1v) is 6.51. The lowest BCUT2D eigenvalue weighted by Gasteiger charge is -2.19. The molecule has 0 aromatic heterocycles. The lowest BCUT2D eigenvalue weighted by atomic mass is 10.0. The molecule has 1 amide bonds. The van der Waals surface area contributed by atoms with Crippen molar-refractivity contribution in [1.82, 2.24) is 5.32 Å². The van der Waals surface area contributed by atoms with Gasteiger partial charge in [0.15, 0.2) is 0 Å². The maximum Gasteiger partial charge on any atom is 0.408 e. The van der Waals surface area contributed by atoms with Crippen molar-refractivity contribution in [2.24, 2.45) is 0 Å². The predicted octanol–water partition coefficient (Wildman–Crippen LogP) is 2.76. The number of carbonyl (C=O) groups excluding carboxylic acids is 1. The molecule has 0 atom stereocenters. The molecule has 0 aliphatic heterocycles. The number of hydrogen-bond acceptors (Lipinski definition) is 3. The van der Waals surface area contributed by atoms with Crippen LogP contribution in [0.15, 0.2) is 12.1 Å². The van der Waals surface area contributed by atoms with Crippen LogP contribution in [-0.4, -0.2) is 18.2 Å². The van der Waals surface area contributed by atoms with E-state index in [0.717, 1.165) is 22.4 Å². The molecule has 0 spiro atoms. The van der Waals surface area contributed by atoms with Crippen LogP contribution in [0.1, 0.15) is 37.5 Å². The van der Waals surface area contributed by atoms with Gasteiger partial charge in [-0.3, -0.25) is 0 Å². The van der Waals surface area contributed by atoms with E-state index in [9.17, 15) is 4.79 Å². The predicted molar refractivity (Wildman–Crippen MR) is 81.4 cm³/mol. The van der Waals surface area contributed by atoms with Crippen LogP contribution in [-0.2, 0) is 4.74 Å². The molecule has 1 aromatic rings. The Morgan fingerprint density at radius 3 is 2.55 bits per heavy atom. The number of anilines is 1. The first-order chi connectivity index (χ1) is 9.19. The maximum atomic E-state index is 11.4. The summed E-state index contributed by atoms with van der Waals surface area (Å²) in [6.07, 6.45) is -0.461. The second kappa shape index (κ2) is 6.33. The van der Waals surface area contributed by atoms with E-state index in [1.54, 1.807) is 0 Å². The number of aryl methyl sites for hydroxylation is 2. The van der Waals surface area contributed by atoms with E-state index < -0.39 is 11.7 Å². The SMILES string of the molecule is Cc1cc(C#CCNC(=O)OC(C)(C)C)c(C)cc1N. The summed E-state index contributed by atoms with van der Waals surface area (Å²) in [7, 11) is 0. The molecule has 0 radical (unpaired) electrons. The monoisotopic (exact) mass is 274 g/mol. The van der Waals surface area contributed by atoms with Crippen LogP contribution in [0.4, 0.5) is 10.5 Å². The summed E-state index contributed by atoms with van der Waals surface area (Å²) >= 11 is 0. The summed E-state index contributed by atoms with van der Waals surface area (Å²) in [5, 5.41) is 2.60. The van der Waals surface area contributed by atoms with Gasteiger partial charge in [0, 0.05) is 11.3 Å². The van der Waals surface area contributed by atoms with Crippen molar-refractivity contribution in [3.8, 4) is 11.8 Å². The minimum atomic E-state index is -0.498. The molecule has 4 nitrogen and oxygen atoms in total. The highest BCUT2D eigenvalue weighted by Gasteiger charge is 2.14. The Morgan fingerprint density at radius 2 is 1.95 bits per heavy atom. The van der Waals surface area contributed by atoms with E-state index in [0.29, 0.717) is 0 Å². The van der Waals surface area contributed by atoms with Crippen LogP contribution >= 0.6 is 0 Å². The summed E-state index contributed by atoms with van der Waals surface area (Å²) < 4.78 is 5.11. The Labute approximate surface area is 120 Å². The van der Waals surface area contributed by atoms with Crippen molar-refractivity contribution < 1.29 is 9.53 Å². The van der Waals surface area contributed by atoms with Crippen LogP contribution in [0, 0.1) is 25.7 Å². The van der Waals surface area contributed by atoms with Crippen molar-refractivity contribution >= 4 is 11.8 Å². The van der Waals surface area contributed by atoms with Crippen LogP contribution in [0.2, 0.25) is 0 Å². The number of hydrogen-bond donors (Lipinski definition) is 2. The van der Waals surface area contributed by atoms with Gasteiger partial charge in [-0.2, -0.15) is 0 Å². The smallest absolute Gasteiger partial charge is 0.408 e. The van der Waals surface area contributed by atoms with Gasteiger partial charge in [-0.05, 0) is 57.9 Å². The minimum Gasteiger partial charge on any atom is -0.444 e. The zero-order valence-electron chi connectivity index (χ0n) is 12.8. The highest BCUT2D eigenvalue weighted by molar-refractivity contribution is 5.68. The van der Waals surface area contributed by atoms with Gasteiger partial charge in [0.05, 0.1) is 6.54 Å². The van der Waals surface area contributed by atoms with Gasteiger partial charge in [0.1, 0.15) is 5.60 Å². The van der Waals surface area contributed by atoms with Crippen molar-refractivity contribution in [3.63, 3.8) is 0 Å². The van der Waals surface area contributed by atoms with E-state index in [-0.39, 0.29) is 6.54 Å². The third-order valence-corrected chi connectivity index (χ3v) is 2.56. The van der Waals surface area contributed by atoms with Crippen LogP contribution < -0.4 is 11.1 Å². The second-order valence-corrected chi connectivity index (χ2v) is 5.68. The molecule has 1 rings (SSSR count). The summed E-state index contributed by atoms with van der Waals surface area (Å²) in [5.74, 6) is 5.93. The minimum absolute atomic E-state index is 0.248. The average Bonchev–Trinajstić information content (AvgIpc) is 2.28. The highest BCUT2D eigenvalue weighted by atomic mass is 16.6. The topological polar surface area (TPSA) is 64.3 Å². The zero-order valence-corrected chi connectivity index (χ0v) is 12.8. The summed E-state index contributed by atoms with van der Waals surface area (Å²) in [5.41, 5.74) is 9.03. The average molecular weight is 274 g/mol. The third kappa shape index (κ3) is 5.23. The van der Waals surface area contributed by atoms with Crippen LogP contribution in [0.25, 0.3) is 0 Å². The molecule has 0 aliphatic rings. The molecule has 3 N–H and O–H groups in total. The van der Waals surface area contributed by atoms with E-state index in [1.807, 2.05) is 46.8 Å². The standard InChI is InChI=1S/C16H22N2O2/c1-11-10-14(17)12(2)9-13(11)7-6-8-18-15(19)20-16(3,4)5/h9-10H,8,17H2,1-5H3,(H,18,19). The molecule has 1 aromatic carbocycles. The van der Waals surface area contributed by atoms with Crippen LogP contribution in [0.5, 0.6) is 0 Å². The van der Waals surface area contributed by atoms with Gasteiger partial charge < -0.3 is 15.8 Å². The first kappa shape index (κ1) is 15.9. The van der Waals surface area contributed by atoms with Gasteiger partial charge in [0.25, 0.3) is 0 Å². The van der Waals surface area contributed by atoms with Gasteiger partial charge >= 0.3 is 6.09 Å². The van der Waals surface area contributed by atoms with Crippen LogP contribution in [0.3, 0.4) is 0 Å². The molecule has 108 valence electrons. The van der Waals surface area contributed by atoms with Crippen molar-refractivity contribution in [2.75, 3.05) is 12.3 Å². The van der Waals surface area contributed by atoms with E-state index in [4.69, 9.17) is 10.5 Å². The zero-order chi connectivity index (χ0) is 15.3. The molecule has 0 unspecified atom stereocenters. The number of nitrogens with two attached hydrogens (primary N) is 1. The summed E-state index contributed by atoms with van der Waals surface area (Å²) in [4.78, 5) is 11.4. The third-order valence-electron chi connectivity index (χ3n) is 2.56. The van der Waals surface area contributed by atoms with Gasteiger partial charge in [-0.1, -0.05) is 11.8 Å². The number of rotatable bonds is 1. The molecular weight excluding hydrogens is 252 g/mol. The molecule has 0 saturated heterocycles. The fourth-order valence-corrected chi connectivity index (χ4v) is 1.54. The van der Waals surface area contributed by atoms with E-state index in [1.165, 1.54) is 0 Å². The lowest BCUT2D eigenvalue weighted by Crippen LogP contribution is -2.32. The van der Waals surface area contributed by atoms with Gasteiger partial charge in [-0.25, -0.2) is 4.79 Å². The molecular formula is C16H22N2O2. The molecule has 4 heteroatoms. The molecule has 20 heavy (non-hydrogen) atoms. The highest BCUT2D eigenvalue weighted by Crippen LogP contribution is 2.16. The summed E-state index contributed by atoms with van der Waals surface area (Å²) in [6, 6.07) is 3.85. The fraction of sp³-hybridized carbons (Fsp3) is 0.438. The number of ether oxygens (including phenoxy) is 1. The Kier molecular flexibility index (Phi) is 5.04. The normalized spacial score (nSPS) is 10.4. The largest absolute Gasteiger partial charge is 0.444 e. The molecule has 0 bridgehead atoms. The van der Waals surface area contributed by atoms with Crippen molar-refractivity contribution in [2.45, 2.75) is 40.2 Å². The molecule has 0 fully saturated rings. The summed E-state index contributed by atoms with van der Waals surface area (Å²) in [6.45, 7) is 9.61. The Bertz CT molecular complexity index is 560.